The molecule has 3 N–H and O–H groups in total. The summed E-state index contributed by atoms with van der Waals surface area (Å²) in [6.45, 7) is 2.45. The molecule has 9 nitrogen and oxygen atoms in total. The molecule has 0 radical (unpaired) electrons. The lowest BCUT2D eigenvalue weighted by atomic mass is 10.1. The van der Waals surface area contributed by atoms with E-state index < -0.39 is 6.23 Å². The van der Waals surface area contributed by atoms with Gasteiger partial charge < -0.3 is 25.4 Å². The number of nitrogens with zero attached hydrogens (tertiary/aromatic N) is 4. The number of hydrogen-bond donors (Lipinski definition) is 3. The van der Waals surface area contributed by atoms with Crippen LogP contribution in [0.15, 0.2) is 66.8 Å². The number of anilines is 3. The molecule has 2 heterocycles. The van der Waals surface area contributed by atoms with E-state index in [0.717, 1.165) is 22.2 Å². The SMILES string of the molecule is Cc1cc(Nc2ncnc3ccc(NC(=O)C#CCN(C)C)cc23)ccc1OC1=CC(O)N(C)C=C1. The number of rotatable bonds is 6. The molecule has 0 bridgehead atoms. The first-order chi connectivity index (χ1) is 17.3. The lowest BCUT2D eigenvalue weighted by Gasteiger charge is -2.23. The standard InChI is InChI=1S/C27H28N6O3/c1-18-14-19(8-10-24(18)36-21-11-13-33(4)26(35)16-21)31-27-22-15-20(7-9-23(22)28-17-29-27)30-25(34)6-5-12-32(2)3/h7-11,13-17,26,35H,12H2,1-4H3,(H,30,34)(H,28,29,31). The van der Waals surface area contributed by atoms with Gasteiger partial charge in [0.05, 0.1) is 12.1 Å². The number of likely N-dealkylation sites (N-methyl/N-ethyl adjacent to an activating group) is 1. The molecule has 2 aromatic carbocycles. The minimum atomic E-state index is -0.725. The van der Waals surface area contributed by atoms with Gasteiger partial charge in [-0.1, -0.05) is 5.92 Å². The van der Waals surface area contributed by atoms with Crippen LogP contribution < -0.4 is 15.4 Å². The molecule has 3 aromatic rings. The van der Waals surface area contributed by atoms with Crippen LogP contribution in [0.25, 0.3) is 10.9 Å². The maximum Gasteiger partial charge on any atom is 0.300 e. The van der Waals surface area contributed by atoms with Gasteiger partial charge in [0.25, 0.3) is 5.91 Å². The molecule has 0 saturated carbocycles. The smallest absolute Gasteiger partial charge is 0.300 e. The first-order valence-electron chi connectivity index (χ1n) is 11.3. The van der Waals surface area contributed by atoms with Crippen molar-refractivity contribution >= 4 is 34.0 Å². The summed E-state index contributed by atoms with van der Waals surface area (Å²) in [6, 6.07) is 11.1. The van der Waals surface area contributed by atoms with E-state index >= 15 is 0 Å². The fourth-order valence-corrected chi connectivity index (χ4v) is 3.45. The average Bonchev–Trinajstić information content (AvgIpc) is 2.83. The van der Waals surface area contributed by atoms with E-state index in [0.29, 0.717) is 29.6 Å². The molecular formula is C27H28N6O3. The van der Waals surface area contributed by atoms with Crippen molar-refractivity contribution in [3.8, 4) is 17.6 Å². The van der Waals surface area contributed by atoms with Crippen molar-refractivity contribution in [3.05, 3.63) is 72.4 Å². The number of allylic oxidation sites excluding steroid dienone is 1. The predicted octanol–water partition coefficient (Wildman–Crippen LogP) is 3.23. The highest BCUT2D eigenvalue weighted by molar-refractivity contribution is 6.05. The first-order valence-corrected chi connectivity index (χ1v) is 11.3. The Hall–Kier alpha value is -4.39. The zero-order valence-electron chi connectivity index (χ0n) is 20.6. The quantitative estimate of drug-likeness (QED) is 0.459. The van der Waals surface area contributed by atoms with Crippen molar-refractivity contribution in [1.29, 1.82) is 0 Å². The Morgan fingerprint density at radius 1 is 1.19 bits per heavy atom. The summed E-state index contributed by atoms with van der Waals surface area (Å²) in [7, 11) is 5.57. The maximum absolute atomic E-state index is 12.2. The van der Waals surface area contributed by atoms with E-state index in [1.54, 1.807) is 36.4 Å². The molecule has 4 rings (SSSR count). The number of aliphatic hydroxyl groups excluding tert-OH is 1. The molecule has 1 aliphatic heterocycles. The number of benzene rings is 2. The van der Waals surface area contributed by atoms with Gasteiger partial charge in [0, 0.05) is 36.1 Å². The number of hydrogen-bond acceptors (Lipinski definition) is 8. The van der Waals surface area contributed by atoms with Crippen LogP contribution in [-0.4, -0.2) is 64.7 Å². The molecule has 1 aliphatic rings. The van der Waals surface area contributed by atoms with Crippen LogP contribution in [0.5, 0.6) is 5.75 Å². The van der Waals surface area contributed by atoms with E-state index in [1.807, 2.05) is 56.3 Å². The maximum atomic E-state index is 12.2. The Labute approximate surface area is 210 Å². The van der Waals surface area contributed by atoms with Crippen LogP contribution in [0, 0.1) is 18.8 Å². The second-order valence-electron chi connectivity index (χ2n) is 8.62. The van der Waals surface area contributed by atoms with Gasteiger partial charge in [-0.25, -0.2) is 9.97 Å². The van der Waals surface area contributed by atoms with Crippen molar-refractivity contribution < 1.29 is 14.6 Å². The summed E-state index contributed by atoms with van der Waals surface area (Å²) in [5.74, 6) is 6.89. The monoisotopic (exact) mass is 484 g/mol. The highest BCUT2D eigenvalue weighted by atomic mass is 16.5. The molecule has 0 fully saturated rings. The Morgan fingerprint density at radius 2 is 2.00 bits per heavy atom. The van der Waals surface area contributed by atoms with Crippen molar-refractivity contribution in [2.24, 2.45) is 0 Å². The van der Waals surface area contributed by atoms with E-state index in [-0.39, 0.29) is 5.91 Å². The van der Waals surface area contributed by atoms with Crippen LogP contribution in [0.2, 0.25) is 0 Å². The van der Waals surface area contributed by atoms with Crippen molar-refractivity contribution in [1.82, 2.24) is 19.8 Å². The second-order valence-corrected chi connectivity index (χ2v) is 8.62. The van der Waals surface area contributed by atoms with Gasteiger partial charge in [-0.15, -0.1) is 0 Å². The lowest BCUT2D eigenvalue weighted by molar-refractivity contribution is -0.111. The summed E-state index contributed by atoms with van der Waals surface area (Å²) < 4.78 is 5.95. The zero-order valence-corrected chi connectivity index (χ0v) is 20.6. The summed E-state index contributed by atoms with van der Waals surface area (Å²) in [5, 5.41) is 16.9. The van der Waals surface area contributed by atoms with Gasteiger partial charge in [0.2, 0.25) is 0 Å². The number of nitrogens with one attached hydrogen (secondary N) is 2. The normalized spacial score (nSPS) is 14.8. The first kappa shape index (κ1) is 24.7. The summed E-state index contributed by atoms with van der Waals surface area (Å²) in [4.78, 5) is 24.5. The van der Waals surface area contributed by atoms with Gasteiger partial charge in [-0.3, -0.25) is 9.69 Å². The van der Waals surface area contributed by atoms with Gasteiger partial charge >= 0.3 is 0 Å². The highest BCUT2D eigenvalue weighted by Crippen LogP contribution is 2.29. The average molecular weight is 485 g/mol. The fraction of sp³-hybridized carbons (Fsp3) is 0.222. The number of aromatic nitrogens is 2. The fourth-order valence-electron chi connectivity index (χ4n) is 3.45. The number of aliphatic hydroxyl groups is 1. The van der Waals surface area contributed by atoms with E-state index in [9.17, 15) is 9.90 Å². The topological polar surface area (TPSA) is 103 Å². The number of fused-ring (bicyclic) bond motifs is 1. The van der Waals surface area contributed by atoms with Crippen LogP contribution in [0.3, 0.4) is 0 Å². The third-order valence-corrected chi connectivity index (χ3v) is 5.36. The van der Waals surface area contributed by atoms with Gasteiger partial charge in [-0.05, 0) is 75.0 Å². The Kier molecular flexibility index (Phi) is 7.49. The Bertz CT molecular complexity index is 1400. The predicted molar refractivity (Wildman–Crippen MR) is 141 cm³/mol. The van der Waals surface area contributed by atoms with Crippen molar-refractivity contribution in [2.45, 2.75) is 13.2 Å². The molecule has 0 aliphatic carbocycles. The zero-order chi connectivity index (χ0) is 25.7. The molecule has 1 amide bonds. The van der Waals surface area contributed by atoms with E-state index in [4.69, 9.17) is 4.74 Å². The molecule has 1 atom stereocenters. The molecule has 0 spiro atoms. The van der Waals surface area contributed by atoms with Crippen LogP contribution in [-0.2, 0) is 4.79 Å². The van der Waals surface area contributed by atoms with Crippen LogP contribution in [0.4, 0.5) is 17.2 Å². The second kappa shape index (κ2) is 10.9. The van der Waals surface area contributed by atoms with Gasteiger partial charge in [-0.2, -0.15) is 0 Å². The van der Waals surface area contributed by atoms with E-state index in [1.165, 1.54) is 6.33 Å². The Balaban J connectivity index is 1.51. The third-order valence-electron chi connectivity index (χ3n) is 5.36. The number of carbonyl (C=O) groups excluding carboxylic acids is 1. The van der Waals surface area contributed by atoms with Gasteiger partial charge in [0.15, 0.2) is 0 Å². The molecule has 0 saturated heterocycles. The highest BCUT2D eigenvalue weighted by Gasteiger charge is 2.13. The number of amides is 1. The number of ether oxygens (including phenoxy) is 1. The number of carbonyl (C=O) groups is 1. The van der Waals surface area contributed by atoms with E-state index in [2.05, 4.69) is 32.4 Å². The summed E-state index contributed by atoms with van der Waals surface area (Å²) in [6.07, 6.45) is 5.97. The summed E-state index contributed by atoms with van der Waals surface area (Å²) in [5.41, 5.74) is 3.06. The minimum absolute atomic E-state index is 0.379. The molecular weight excluding hydrogens is 456 g/mol. The van der Waals surface area contributed by atoms with Crippen LogP contribution >= 0.6 is 0 Å². The molecule has 9 heteroatoms. The minimum Gasteiger partial charge on any atom is -0.457 e. The van der Waals surface area contributed by atoms with Crippen molar-refractivity contribution in [2.75, 3.05) is 38.3 Å². The number of aryl methyl sites for hydroxylation is 1. The lowest BCUT2D eigenvalue weighted by Crippen LogP contribution is -2.27. The molecule has 1 aromatic heterocycles. The molecule has 184 valence electrons. The van der Waals surface area contributed by atoms with Crippen LogP contribution in [0.1, 0.15) is 5.56 Å². The Morgan fingerprint density at radius 3 is 2.75 bits per heavy atom. The molecule has 1 unspecified atom stereocenters. The largest absolute Gasteiger partial charge is 0.457 e. The molecule has 36 heavy (non-hydrogen) atoms. The van der Waals surface area contributed by atoms with Crippen molar-refractivity contribution in [3.63, 3.8) is 0 Å². The van der Waals surface area contributed by atoms with Gasteiger partial charge in [0.1, 0.15) is 29.9 Å². The third kappa shape index (κ3) is 6.18. The summed E-state index contributed by atoms with van der Waals surface area (Å²) >= 11 is 0.